The summed E-state index contributed by atoms with van der Waals surface area (Å²) in [6, 6.07) is 0. The van der Waals surface area contributed by atoms with Gasteiger partial charge in [0.1, 0.15) is 12.2 Å². The topological polar surface area (TPSA) is 54.0 Å². The van der Waals surface area contributed by atoms with Gasteiger partial charge in [-0.1, -0.05) is 39.5 Å². The van der Waals surface area contributed by atoms with Crippen molar-refractivity contribution in [2.24, 2.45) is 0 Å². The molecule has 0 fully saturated rings. The van der Waals surface area contributed by atoms with Crippen LogP contribution in [0.2, 0.25) is 0 Å². The van der Waals surface area contributed by atoms with Crippen molar-refractivity contribution in [3.05, 3.63) is 0 Å². The normalized spacial score (nSPS) is 16.2. The molecule has 0 spiro atoms. The summed E-state index contributed by atoms with van der Waals surface area (Å²) in [5.74, 6) is 0. The van der Waals surface area contributed by atoms with Crippen LogP contribution in [0, 0.1) is 0 Å². The fraction of sp³-hybridized carbons (Fsp3) is 0.947. The number of carbonyl (C=O) groups excluding carboxylic acids is 1. The molecule has 0 heterocycles. The Bertz CT molecular complexity index is 280. The highest BCUT2D eigenvalue weighted by Gasteiger charge is 2.25. The van der Waals surface area contributed by atoms with Gasteiger partial charge in [0.25, 0.3) is 0 Å². The number of ether oxygens (including phenoxy) is 4. The Hall–Kier alpha value is -0.810. The fourth-order valence-corrected chi connectivity index (χ4v) is 2.63. The first kappa shape index (κ1) is 23.2. The van der Waals surface area contributed by atoms with Gasteiger partial charge in [0.2, 0.25) is 0 Å². The van der Waals surface area contributed by atoms with E-state index < -0.39 is 6.16 Å². The second-order valence-corrected chi connectivity index (χ2v) is 6.17. The van der Waals surface area contributed by atoms with Gasteiger partial charge >= 0.3 is 6.16 Å². The lowest BCUT2D eigenvalue weighted by atomic mass is 10.1. The maximum Gasteiger partial charge on any atom is 0.508 e. The van der Waals surface area contributed by atoms with Gasteiger partial charge < -0.3 is 18.9 Å². The first-order valence-electron chi connectivity index (χ1n) is 9.60. The highest BCUT2D eigenvalue weighted by molar-refractivity contribution is 5.60. The third-order valence-corrected chi connectivity index (χ3v) is 4.06. The van der Waals surface area contributed by atoms with Crippen molar-refractivity contribution in [1.82, 2.24) is 0 Å². The molecule has 4 unspecified atom stereocenters. The van der Waals surface area contributed by atoms with E-state index in [0.29, 0.717) is 13.2 Å². The monoisotopic (exact) mass is 346 g/mol. The van der Waals surface area contributed by atoms with Crippen LogP contribution >= 0.6 is 0 Å². The van der Waals surface area contributed by atoms with Crippen LogP contribution in [-0.2, 0) is 18.9 Å². The molecule has 5 heteroatoms. The number of carbonyl (C=O) groups is 1. The summed E-state index contributed by atoms with van der Waals surface area (Å²) < 4.78 is 22.2. The molecule has 0 aromatic heterocycles. The van der Waals surface area contributed by atoms with Crippen LogP contribution in [-0.4, -0.2) is 43.8 Å². The van der Waals surface area contributed by atoms with E-state index >= 15 is 0 Å². The Labute approximate surface area is 148 Å². The zero-order valence-corrected chi connectivity index (χ0v) is 16.5. The van der Waals surface area contributed by atoms with Crippen molar-refractivity contribution in [2.75, 3.05) is 13.2 Å². The largest absolute Gasteiger partial charge is 0.508 e. The van der Waals surface area contributed by atoms with E-state index in [2.05, 4.69) is 13.8 Å². The highest BCUT2D eigenvalue weighted by atomic mass is 16.7. The summed E-state index contributed by atoms with van der Waals surface area (Å²) in [4.78, 5) is 12.1. The molecule has 0 aromatic rings. The lowest BCUT2D eigenvalue weighted by Crippen LogP contribution is -2.35. The van der Waals surface area contributed by atoms with Gasteiger partial charge in [0.05, 0.1) is 12.2 Å². The lowest BCUT2D eigenvalue weighted by Gasteiger charge is -2.26. The third kappa shape index (κ3) is 10.1. The van der Waals surface area contributed by atoms with E-state index in [0.717, 1.165) is 38.5 Å². The summed E-state index contributed by atoms with van der Waals surface area (Å²) >= 11 is 0. The SMILES string of the molecule is CCCCC(OCC)C(C)OC(=O)OC(C)C(CCCC)OCC. The zero-order chi connectivity index (χ0) is 18.4. The Balaban J connectivity index is 4.44. The molecule has 0 aromatic carbocycles. The summed E-state index contributed by atoms with van der Waals surface area (Å²) in [6.45, 7) is 13.1. The number of unbranched alkanes of at least 4 members (excludes halogenated alkanes) is 2. The Morgan fingerprint density at radius 3 is 1.42 bits per heavy atom. The predicted octanol–water partition coefficient (Wildman–Crippen LogP) is 5.11. The molecule has 0 aliphatic heterocycles. The van der Waals surface area contributed by atoms with Gasteiger partial charge in [-0.3, -0.25) is 0 Å². The predicted molar refractivity (Wildman–Crippen MR) is 96.4 cm³/mol. The molecule has 24 heavy (non-hydrogen) atoms. The molecular formula is C19H38O5. The second kappa shape index (κ2) is 14.5. The summed E-state index contributed by atoms with van der Waals surface area (Å²) in [7, 11) is 0. The van der Waals surface area contributed by atoms with Crippen LogP contribution in [0.1, 0.15) is 80.1 Å². The van der Waals surface area contributed by atoms with E-state index in [-0.39, 0.29) is 24.4 Å². The molecule has 0 saturated heterocycles. The van der Waals surface area contributed by atoms with Crippen LogP contribution in [0.5, 0.6) is 0 Å². The number of rotatable bonds is 14. The summed E-state index contributed by atoms with van der Waals surface area (Å²) in [5, 5.41) is 0. The summed E-state index contributed by atoms with van der Waals surface area (Å²) in [6.07, 6.45) is 4.59. The standard InChI is InChI=1S/C19H38O5/c1-7-11-13-17(21-9-3)15(5)23-19(20)24-16(6)18(22-10-4)14-12-8-2/h15-18H,7-14H2,1-6H3. The van der Waals surface area contributed by atoms with E-state index in [4.69, 9.17) is 18.9 Å². The molecular weight excluding hydrogens is 308 g/mol. The second-order valence-electron chi connectivity index (χ2n) is 6.17. The van der Waals surface area contributed by atoms with E-state index in [1.54, 1.807) is 0 Å². The van der Waals surface area contributed by atoms with Crippen molar-refractivity contribution in [1.29, 1.82) is 0 Å². The molecule has 0 bridgehead atoms. The van der Waals surface area contributed by atoms with Crippen LogP contribution in [0.25, 0.3) is 0 Å². The average Bonchev–Trinajstić information content (AvgIpc) is 2.54. The minimum atomic E-state index is -0.641. The Morgan fingerprint density at radius 2 is 1.12 bits per heavy atom. The van der Waals surface area contributed by atoms with E-state index in [1.807, 2.05) is 27.7 Å². The van der Waals surface area contributed by atoms with E-state index in [9.17, 15) is 4.79 Å². The van der Waals surface area contributed by atoms with Crippen molar-refractivity contribution < 1.29 is 23.7 Å². The van der Waals surface area contributed by atoms with Gasteiger partial charge in [0.15, 0.2) is 0 Å². The molecule has 0 aliphatic carbocycles. The molecule has 0 N–H and O–H groups in total. The van der Waals surface area contributed by atoms with Gasteiger partial charge in [-0.2, -0.15) is 0 Å². The number of hydrogen-bond acceptors (Lipinski definition) is 5. The molecule has 0 rings (SSSR count). The molecule has 0 radical (unpaired) electrons. The molecule has 0 saturated carbocycles. The Kier molecular flexibility index (Phi) is 14.0. The van der Waals surface area contributed by atoms with Crippen LogP contribution in [0.3, 0.4) is 0 Å². The summed E-state index contributed by atoms with van der Waals surface area (Å²) in [5.41, 5.74) is 0. The van der Waals surface area contributed by atoms with Crippen LogP contribution < -0.4 is 0 Å². The van der Waals surface area contributed by atoms with Gasteiger partial charge in [0, 0.05) is 13.2 Å². The molecule has 0 amide bonds. The van der Waals surface area contributed by atoms with Gasteiger partial charge in [-0.05, 0) is 40.5 Å². The molecule has 0 aliphatic rings. The maximum absolute atomic E-state index is 12.1. The van der Waals surface area contributed by atoms with Gasteiger partial charge in [-0.25, -0.2) is 4.79 Å². The molecule has 4 atom stereocenters. The fourth-order valence-electron chi connectivity index (χ4n) is 2.63. The van der Waals surface area contributed by atoms with Crippen molar-refractivity contribution in [3.8, 4) is 0 Å². The number of hydrogen-bond donors (Lipinski definition) is 0. The zero-order valence-electron chi connectivity index (χ0n) is 16.5. The molecule has 144 valence electrons. The van der Waals surface area contributed by atoms with Crippen LogP contribution in [0.15, 0.2) is 0 Å². The van der Waals surface area contributed by atoms with Crippen molar-refractivity contribution >= 4 is 6.16 Å². The highest BCUT2D eigenvalue weighted by Crippen LogP contribution is 2.16. The quantitative estimate of drug-likeness (QED) is 0.409. The van der Waals surface area contributed by atoms with Gasteiger partial charge in [-0.15, -0.1) is 0 Å². The van der Waals surface area contributed by atoms with Crippen molar-refractivity contribution in [3.63, 3.8) is 0 Å². The third-order valence-electron chi connectivity index (χ3n) is 4.06. The molecule has 5 nitrogen and oxygen atoms in total. The van der Waals surface area contributed by atoms with E-state index in [1.165, 1.54) is 0 Å². The minimum Gasteiger partial charge on any atom is -0.428 e. The average molecular weight is 347 g/mol. The Morgan fingerprint density at radius 1 is 0.750 bits per heavy atom. The lowest BCUT2D eigenvalue weighted by molar-refractivity contribution is -0.0870. The minimum absolute atomic E-state index is 0.0828. The first-order chi connectivity index (χ1) is 11.5. The van der Waals surface area contributed by atoms with Crippen LogP contribution in [0.4, 0.5) is 4.79 Å². The maximum atomic E-state index is 12.1. The van der Waals surface area contributed by atoms with Crippen molar-refractivity contribution in [2.45, 2.75) is 104 Å². The smallest absolute Gasteiger partial charge is 0.428 e. The first-order valence-corrected chi connectivity index (χ1v) is 9.60.